The molecule has 0 amide bonds. The third-order valence-electron chi connectivity index (χ3n) is 4.87. The standard InChI is InChI=1S/C20H31N/c1-5-7-8-14-20(4,15-9-16-21)19-13-12-18(6-2)11-10-17(19)3/h10-13,19H,5-9,14-15H2,1-4H3. The molecule has 0 saturated heterocycles. The Morgan fingerprint density at radius 2 is 1.95 bits per heavy atom. The second kappa shape index (κ2) is 8.88. The lowest BCUT2D eigenvalue weighted by Gasteiger charge is -2.37. The molecule has 0 fully saturated rings. The second-order valence-corrected chi connectivity index (χ2v) is 6.61. The van der Waals surface area contributed by atoms with Crippen LogP contribution in [0.4, 0.5) is 0 Å². The van der Waals surface area contributed by atoms with E-state index in [1.807, 2.05) is 0 Å². The van der Waals surface area contributed by atoms with E-state index in [1.165, 1.54) is 36.8 Å². The molecule has 21 heavy (non-hydrogen) atoms. The molecule has 0 aromatic heterocycles. The van der Waals surface area contributed by atoms with Crippen LogP contribution in [0.5, 0.6) is 0 Å². The van der Waals surface area contributed by atoms with Gasteiger partial charge in [-0.2, -0.15) is 5.26 Å². The quantitative estimate of drug-likeness (QED) is 0.477. The summed E-state index contributed by atoms with van der Waals surface area (Å²) in [4.78, 5) is 0. The van der Waals surface area contributed by atoms with Gasteiger partial charge in [0.2, 0.25) is 0 Å². The Morgan fingerprint density at radius 3 is 2.57 bits per heavy atom. The molecular weight excluding hydrogens is 254 g/mol. The van der Waals surface area contributed by atoms with E-state index in [-0.39, 0.29) is 5.41 Å². The van der Waals surface area contributed by atoms with Crippen molar-refractivity contribution in [3.8, 4) is 6.07 Å². The fourth-order valence-electron chi connectivity index (χ4n) is 3.34. The molecule has 0 saturated carbocycles. The van der Waals surface area contributed by atoms with Crippen molar-refractivity contribution in [1.82, 2.24) is 0 Å². The van der Waals surface area contributed by atoms with E-state index in [2.05, 4.69) is 58.1 Å². The molecule has 0 aliphatic heterocycles. The Kier molecular flexibility index (Phi) is 7.51. The molecule has 1 aliphatic rings. The summed E-state index contributed by atoms with van der Waals surface area (Å²) in [6.07, 6.45) is 17.0. The maximum Gasteiger partial charge on any atom is 0.0621 e. The highest BCUT2D eigenvalue weighted by Gasteiger charge is 2.33. The third-order valence-corrected chi connectivity index (χ3v) is 4.87. The predicted octanol–water partition coefficient (Wildman–Crippen LogP) is 6.35. The normalized spacial score (nSPS) is 21.0. The highest BCUT2D eigenvalue weighted by molar-refractivity contribution is 5.33. The Hall–Kier alpha value is -1.29. The number of allylic oxidation sites excluding steroid dienone is 6. The average Bonchev–Trinajstić information content (AvgIpc) is 2.67. The first-order valence-electron chi connectivity index (χ1n) is 8.50. The van der Waals surface area contributed by atoms with Crippen LogP contribution < -0.4 is 0 Å². The molecule has 2 unspecified atom stereocenters. The Morgan fingerprint density at radius 1 is 1.19 bits per heavy atom. The molecule has 0 bridgehead atoms. The number of unbranched alkanes of at least 4 members (excludes halogenated alkanes) is 2. The minimum Gasteiger partial charge on any atom is -0.198 e. The van der Waals surface area contributed by atoms with Crippen molar-refractivity contribution < 1.29 is 0 Å². The molecule has 0 heterocycles. The van der Waals surface area contributed by atoms with Crippen LogP contribution in [0.2, 0.25) is 0 Å². The van der Waals surface area contributed by atoms with Gasteiger partial charge in [-0.1, -0.05) is 69.9 Å². The minimum atomic E-state index is 0.207. The van der Waals surface area contributed by atoms with Crippen LogP contribution in [0, 0.1) is 22.7 Å². The summed E-state index contributed by atoms with van der Waals surface area (Å²) >= 11 is 0. The summed E-state index contributed by atoms with van der Waals surface area (Å²) in [7, 11) is 0. The van der Waals surface area contributed by atoms with Gasteiger partial charge in [-0.15, -0.1) is 0 Å². The Bertz CT molecular complexity index is 447. The summed E-state index contributed by atoms with van der Waals surface area (Å²) in [6, 6.07) is 2.35. The highest BCUT2D eigenvalue weighted by Crippen LogP contribution is 2.43. The largest absolute Gasteiger partial charge is 0.198 e. The molecule has 1 aliphatic carbocycles. The molecule has 0 N–H and O–H groups in total. The van der Waals surface area contributed by atoms with Gasteiger partial charge in [0, 0.05) is 12.3 Å². The van der Waals surface area contributed by atoms with Crippen molar-refractivity contribution in [3.05, 3.63) is 35.5 Å². The van der Waals surface area contributed by atoms with Crippen molar-refractivity contribution in [2.45, 2.75) is 72.6 Å². The van der Waals surface area contributed by atoms with Crippen LogP contribution in [0.25, 0.3) is 0 Å². The molecule has 1 heteroatoms. The van der Waals surface area contributed by atoms with Crippen molar-refractivity contribution in [2.24, 2.45) is 11.3 Å². The zero-order chi connectivity index (χ0) is 15.7. The molecule has 0 aromatic rings. The summed E-state index contributed by atoms with van der Waals surface area (Å²) < 4.78 is 0. The summed E-state index contributed by atoms with van der Waals surface area (Å²) in [5.74, 6) is 0.461. The van der Waals surface area contributed by atoms with Gasteiger partial charge in [-0.25, -0.2) is 0 Å². The topological polar surface area (TPSA) is 23.8 Å². The molecule has 0 radical (unpaired) electrons. The van der Waals surface area contributed by atoms with E-state index >= 15 is 0 Å². The van der Waals surface area contributed by atoms with Crippen molar-refractivity contribution in [2.75, 3.05) is 0 Å². The molecule has 1 nitrogen and oxygen atoms in total. The molecule has 0 spiro atoms. The summed E-state index contributed by atoms with van der Waals surface area (Å²) in [5, 5.41) is 9.01. The zero-order valence-electron chi connectivity index (χ0n) is 14.3. The van der Waals surface area contributed by atoms with E-state index in [4.69, 9.17) is 5.26 Å². The van der Waals surface area contributed by atoms with Gasteiger partial charge < -0.3 is 0 Å². The molecule has 2 atom stereocenters. The van der Waals surface area contributed by atoms with Gasteiger partial charge in [0.05, 0.1) is 6.07 Å². The monoisotopic (exact) mass is 285 g/mol. The van der Waals surface area contributed by atoms with Gasteiger partial charge >= 0.3 is 0 Å². The van der Waals surface area contributed by atoms with E-state index in [1.54, 1.807) is 0 Å². The van der Waals surface area contributed by atoms with Gasteiger partial charge in [0.15, 0.2) is 0 Å². The van der Waals surface area contributed by atoms with Gasteiger partial charge in [0.25, 0.3) is 0 Å². The van der Waals surface area contributed by atoms with E-state index in [0.717, 1.165) is 12.8 Å². The smallest absolute Gasteiger partial charge is 0.0621 e. The third kappa shape index (κ3) is 5.20. The van der Waals surface area contributed by atoms with Crippen LogP contribution in [-0.4, -0.2) is 0 Å². The minimum absolute atomic E-state index is 0.207. The second-order valence-electron chi connectivity index (χ2n) is 6.61. The van der Waals surface area contributed by atoms with Crippen molar-refractivity contribution in [3.63, 3.8) is 0 Å². The lowest BCUT2D eigenvalue weighted by molar-refractivity contribution is 0.209. The number of rotatable bonds is 8. The SMILES string of the molecule is CCCCCC(C)(CCC#N)C1C=CC(CC)=CC=C1C. The fourth-order valence-corrected chi connectivity index (χ4v) is 3.34. The van der Waals surface area contributed by atoms with E-state index in [9.17, 15) is 0 Å². The summed E-state index contributed by atoms with van der Waals surface area (Å²) in [6.45, 7) is 9.08. The first-order valence-corrected chi connectivity index (χ1v) is 8.50. The van der Waals surface area contributed by atoms with Crippen LogP contribution in [0.1, 0.15) is 72.6 Å². The average molecular weight is 285 g/mol. The lowest BCUT2D eigenvalue weighted by atomic mass is 9.67. The molecule has 116 valence electrons. The maximum absolute atomic E-state index is 9.01. The van der Waals surface area contributed by atoms with E-state index < -0.39 is 0 Å². The van der Waals surface area contributed by atoms with Crippen LogP contribution in [-0.2, 0) is 0 Å². The molecule has 1 rings (SSSR count). The Labute approximate surface area is 131 Å². The first-order chi connectivity index (χ1) is 10.1. The van der Waals surface area contributed by atoms with Gasteiger partial charge in [0.1, 0.15) is 0 Å². The number of nitriles is 1. The van der Waals surface area contributed by atoms with Crippen LogP contribution >= 0.6 is 0 Å². The number of hydrogen-bond acceptors (Lipinski definition) is 1. The lowest BCUT2D eigenvalue weighted by Crippen LogP contribution is -2.27. The fraction of sp³-hybridized carbons (Fsp3) is 0.650. The van der Waals surface area contributed by atoms with Crippen LogP contribution in [0.15, 0.2) is 35.5 Å². The van der Waals surface area contributed by atoms with Gasteiger partial charge in [-0.3, -0.25) is 0 Å². The summed E-state index contributed by atoms with van der Waals surface area (Å²) in [5.41, 5.74) is 3.04. The Balaban J connectivity index is 2.94. The van der Waals surface area contributed by atoms with Crippen molar-refractivity contribution >= 4 is 0 Å². The number of nitrogens with zero attached hydrogens (tertiary/aromatic N) is 1. The molecular formula is C20H31N. The van der Waals surface area contributed by atoms with Crippen molar-refractivity contribution in [1.29, 1.82) is 5.26 Å². The maximum atomic E-state index is 9.01. The highest BCUT2D eigenvalue weighted by atomic mass is 14.4. The van der Waals surface area contributed by atoms with E-state index in [0.29, 0.717) is 12.3 Å². The zero-order valence-corrected chi connectivity index (χ0v) is 14.3. The first kappa shape index (κ1) is 17.8. The predicted molar refractivity (Wildman–Crippen MR) is 91.9 cm³/mol. The number of hydrogen-bond donors (Lipinski definition) is 0. The van der Waals surface area contributed by atoms with Gasteiger partial charge in [-0.05, 0) is 37.2 Å². The molecule has 0 aromatic carbocycles. The van der Waals surface area contributed by atoms with Crippen LogP contribution in [0.3, 0.4) is 0 Å².